The summed E-state index contributed by atoms with van der Waals surface area (Å²) in [5.74, 6) is 0. The standard InChI is InChI=1S/C16H27N3/c1-16(8-10-17-11-9-16)15-12-18-13-19(15)14-6-4-2-3-5-7-14/h12-14,17H,2-11H2,1H3. The first-order valence-electron chi connectivity index (χ1n) is 8.03. The van der Waals surface area contributed by atoms with E-state index in [2.05, 4.69) is 34.3 Å². The van der Waals surface area contributed by atoms with Crippen molar-refractivity contribution in [1.29, 1.82) is 0 Å². The molecule has 0 aromatic carbocycles. The second kappa shape index (κ2) is 5.66. The first-order valence-corrected chi connectivity index (χ1v) is 8.03. The summed E-state index contributed by atoms with van der Waals surface area (Å²) in [5, 5.41) is 3.48. The third-order valence-corrected chi connectivity index (χ3v) is 5.21. The van der Waals surface area contributed by atoms with Crippen molar-refractivity contribution < 1.29 is 0 Å². The largest absolute Gasteiger partial charge is 0.331 e. The third kappa shape index (κ3) is 2.71. The number of aromatic nitrogens is 2. The smallest absolute Gasteiger partial charge is 0.0950 e. The molecule has 1 aromatic rings. The van der Waals surface area contributed by atoms with Crippen molar-refractivity contribution in [2.45, 2.75) is 69.7 Å². The fourth-order valence-corrected chi connectivity index (χ4v) is 3.83. The molecule has 19 heavy (non-hydrogen) atoms. The lowest BCUT2D eigenvalue weighted by molar-refractivity contribution is 0.301. The van der Waals surface area contributed by atoms with E-state index in [-0.39, 0.29) is 0 Å². The van der Waals surface area contributed by atoms with Crippen LogP contribution in [0, 0.1) is 0 Å². The van der Waals surface area contributed by atoms with Gasteiger partial charge in [-0.15, -0.1) is 0 Å². The number of piperidine rings is 1. The maximum atomic E-state index is 4.49. The molecule has 3 nitrogen and oxygen atoms in total. The minimum absolute atomic E-state index is 0.327. The lowest BCUT2D eigenvalue weighted by atomic mass is 9.78. The quantitative estimate of drug-likeness (QED) is 0.827. The number of imidazole rings is 1. The molecule has 0 bridgehead atoms. The molecule has 0 atom stereocenters. The van der Waals surface area contributed by atoms with Gasteiger partial charge in [0.25, 0.3) is 0 Å². The van der Waals surface area contributed by atoms with Crippen LogP contribution in [0.3, 0.4) is 0 Å². The van der Waals surface area contributed by atoms with Crippen molar-refractivity contribution in [3.63, 3.8) is 0 Å². The van der Waals surface area contributed by atoms with Crippen molar-refractivity contribution in [3.05, 3.63) is 18.2 Å². The van der Waals surface area contributed by atoms with E-state index in [0.717, 1.165) is 13.1 Å². The lowest BCUT2D eigenvalue weighted by Crippen LogP contribution is -2.39. The zero-order valence-corrected chi connectivity index (χ0v) is 12.2. The molecule has 106 valence electrons. The molecule has 1 saturated carbocycles. The van der Waals surface area contributed by atoms with Crippen molar-refractivity contribution in [2.24, 2.45) is 0 Å². The van der Waals surface area contributed by atoms with Gasteiger partial charge in [-0.2, -0.15) is 0 Å². The summed E-state index contributed by atoms with van der Waals surface area (Å²) in [6, 6.07) is 0.701. The Balaban J connectivity index is 1.84. The van der Waals surface area contributed by atoms with Gasteiger partial charge in [-0.25, -0.2) is 4.98 Å². The van der Waals surface area contributed by atoms with E-state index < -0.39 is 0 Å². The second-order valence-corrected chi connectivity index (χ2v) is 6.64. The van der Waals surface area contributed by atoms with Crippen LogP contribution in [0.2, 0.25) is 0 Å². The zero-order chi connectivity index (χ0) is 13.1. The van der Waals surface area contributed by atoms with Gasteiger partial charge in [0.15, 0.2) is 0 Å². The van der Waals surface area contributed by atoms with E-state index in [1.165, 1.54) is 57.1 Å². The maximum absolute atomic E-state index is 4.49. The molecule has 1 aliphatic carbocycles. The summed E-state index contributed by atoms with van der Waals surface area (Å²) >= 11 is 0. The number of nitrogens with zero attached hydrogens (tertiary/aromatic N) is 2. The second-order valence-electron chi connectivity index (χ2n) is 6.64. The number of hydrogen-bond acceptors (Lipinski definition) is 2. The van der Waals surface area contributed by atoms with Gasteiger partial charge < -0.3 is 9.88 Å². The van der Waals surface area contributed by atoms with E-state index in [4.69, 9.17) is 0 Å². The number of hydrogen-bond donors (Lipinski definition) is 1. The van der Waals surface area contributed by atoms with Crippen LogP contribution in [0.25, 0.3) is 0 Å². The van der Waals surface area contributed by atoms with Gasteiger partial charge in [-0.1, -0.05) is 32.6 Å². The zero-order valence-electron chi connectivity index (χ0n) is 12.2. The fraction of sp³-hybridized carbons (Fsp3) is 0.812. The minimum Gasteiger partial charge on any atom is -0.331 e. The maximum Gasteiger partial charge on any atom is 0.0950 e. The average molecular weight is 261 g/mol. The van der Waals surface area contributed by atoms with E-state index in [9.17, 15) is 0 Å². The van der Waals surface area contributed by atoms with Crippen LogP contribution in [0.4, 0.5) is 0 Å². The molecular weight excluding hydrogens is 234 g/mol. The summed E-state index contributed by atoms with van der Waals surface area (Å²) in [5.41, 5.74) is 1.81. The molecule has 0 spiro atoms. The highest BCUT2D eigenvalue weighted by Crippen LogP contribution is 2.36. The van der Waals surface area contributed by atoms with Crippen molar-refractivity contribution >= 4 is 0 Å². The molecule has 0 unspecified atom stereocenters. The highest BCUT2D eigenvalue weighted by Gasteiger charge is 2.33. The lowest BCUT2D eigenvalue weighted by Gasteiger charge is -2.36. The minimum atomic E-state index is 0.327. The average Bonchev–Trinajstić information content (AvgIpc) is 2.77. The molecule has 2 aliphatic rings. The number of rotatable bonds is 2. The van der Waals surface area contributed by atoms with E-state index in [1.54, 1.807) is 0 Å². The molecule has 2 fully saturated rings. The van der Waals surface area contributed by atoms with Crippen LogP contribution < -0.4 is 5.32 Å². The molecule has 1 aromatic heterocycles. The molecule has 0 radical (unpaired) electrons. The van der Waals surface area contributed by atoms with Crippen LogP contribution in [0.5, 0.6) is 0 Å². The summed E-state index contributed by atoms with van der Waals surface area (Å²) in [6.45, 7) is 4.72. The Morgan fingerprint density at radius 3 is 2.53 bits per heavy atom. The molecule has 2 heterocycles. The van der Waals surface area contributed by atoms with Crippen LogP contribution in [-0.4, -0.2) is 22.6 Å². The number of nitrogens with one attached hydrogen (secondary N) is 1. The molecule has 1 saturated heterocycles. The van der Waals surface area contributed by atoms with Gasteiger partial charge >= 0.3 is 0 Å². The molecule has 1 aliphatic heterocycles. The van der Waals surface area contributed by atoms with Crippen molar-refractivity contribution in [2.75, 3.05) is 13.1 Å². The van der Waals surface area contributed by atoms with Gasteiger partial charge in [-0.3, -0.25) is 0 Å². The summed E-state index contributed by atoms with van der Waals surface area (Å²) in [4.78, 5) is 4.49. The summed E-state index contributed by atoms with van der Waals surface area (Å²) in [6.07, 6.45) is 15.0. The fourth-order valence-electron chi connectivity index (χ4n) is 3.83. The third-order valence-electron chi connectivity index (χ3n) is 5.21. The SMILES string of the molecule is CC1(c2cncn2C2CCCCCC2)CCNCC1. The van der Waals surface area contributed by atoms with Crippen molar-refractivity contribution in [1.82, 2.24) is 14.9 Å². The van der Waals surface area contributed by atoms with Gasteiger partial charge in [0, 0.05) is 23.3 Å². The Morgan fingerprint density at radius 1 is 1.16 bits per heavy atom. The molecule has 1 N–H and O–H groups in total. The highest BCUT2D eigenvalue weighted by atomic mass is 15.1. The van der Waals surface area contributed by atoms with Gasteiger partial charge in [0.2, 0.25) is 0 Å². The van der Waals surface area contributed by atoms with Crippen LogP contribution in [0.1, 0.15) is 70.0 Å². The monoisotopic (exact) mass is 261 g/mol. The topological polar surface area (TPSA) is 29.9 Å². The predicted octanol–water partition coefficient (Wildman–Crippen LogP) is 3.42. The normalized spacial score (nSPS) is 25.1. The Bertz CT molecular complexity index is 396. The Kier molecular flexibility index (Phi) is 3.92. The van der Waals surface area contributed by atoms with Crippen LogP contribution >= 0.6 is 0 Å². The van der Waals surface area contributed by atoms with Gasteiger partial charge in [0.05, 0.1) is 6.33 Å². The first-order chi connectivity index (χ1) is 9.30. The van der Waals surface area contributed by atoms with E-state index in [0.29, 0.717) is 11.5 Å². The molecule has 3 rings (SSSR count). The van der Waals surface area contributed by atoms with E-state index in [1.807, 2.05) is 0 Å². The molecular formula is C16H27N3. The van der Waals surface area contributed by atoms with Gasteiger partial charge in [0.1, 0.15) is 0 Å². The van der Waals surface area contributed by atoms with Crippen LogP contribution in [-0.2, 0) is 5.41 Å². The summed E-state index contributed by atoms with van der Waals surface area (Å²) < 4.78 is 2.52. The first kappa shape index (κ1) is 13.2. The van der Waals surface area contributed by atoms with Crippen molar-refractivity contribution in [3.8, 4) is 0 Å². The Labute approximate surface area is 116 Å². The molecule has 3 heteroatoms. The highest BCUT2D eigenvalue weighted by molar-refractivity contribution is 5.16. The van der Waals surface area contributed by atoms with Gasteiger partial charge in [-0.05, 0) is 38.8 Å². The Morgan fingerprint density at radius 2 is 1.84 bits per heavy atom. The van der Waals surface area contributed by atoms with Crippen LogP contribution in [0.15, 0.2) is 12.5 Å². The summed E-state index contributed by atoms with van der Waals surface area (Å²) in [7, 11) is 0. The Hall–Kier alpha value is -0.830. The predicted molar refractivity (Wildman–Crippen MR) is 78.4 cm³/mol. The molecule has 0 amide bonds. The van der Waals surface area contributed by atoms with E-state index >= 15 is 0 Å².